The maximum atomic E-state index is 13.2. The summed E-state index contributed by atoms with van der Waals surface area (Å²) < 4.78 is 44.1. The van der Waals surface area contributed by atoms with Crippen molar-refractivity contribution in [2.45, 2.75) is 18.4 Å². The van der Waals surface area contributed by atoms with E-state index < -0.39 is 15.8 Å². The summed E-state index contributed by atoms with van der Waals surface area (Å²) in [5, 5.41) is 3.65. The average Bonchev–Trinajstić information content (AvgIpc) is 2.76. The number of nitrogens with one attached hydrogen (secondary N) is 1. The van der Waals surface area contributed by atoms with E-state index in [0.717, 1.165) is 6.07 Å². The third-order valence-electron chi connectivity index (χ3n) is 2.40. The smallest absolute Gasteiger partial charge is 0.241 e. The minimum atomic E-state index is -3.82. The summed E-state index contributed by atoms with van der Waals surface area (Å²) in [6.45, 7) is 1.66. The monoisotopic (exact) mass is 285 g/mol. The van der Waals surface area contributed by atoms with Gasteiger partial charge in [-0.05, 0) is 25.1 Å². The number of aromatic nitrogens is 1. The molecular formula is C11H12FN3O3S. The van der Waals surface area contributed by atoms with Crippen LogP contribution in [0.1, 0.15) is 11.5 Å². The quantitative estimate of drug-likeness (QED) is 0.822. The second kappa shape index (κ2) is 4.98. The van der Waals surface area contributed by atoms with Crippen LogP contribution in [0.4, 0.5) is 10.1 Å². The summed E-state index contributed by atoms with van der Waals surface area (Å²) in [5.74, 6) is -0.201. The molecule has 3 N–H and O–H groups in total. The molecule has 19 heavy (non-hydrogen) atoms. The number of sulfonamides is 1. The Morgan fingerprint density at radius 3 is 2.74 bits per heavy atom. The van der Waals surface area contributed by atoms with E-state index in [1.807, 2.05) is 0 Å². The average molecular weight is 285 g/mol. The molecule has 0 aliphatic carbocycles. The highest BCUT2D eigenvalue weighted by atomic mass is 32.2. The van der Waals surface area contributed by atoms with Crippen LogP contribution in [0.25, 0.3) is 0 Å². The van der Waals surface area contributed by atoms with Crippen molar-refractivity contribution in [3.05, 3.63) is 41.5 Å². The van der Waals surface area contributed by atoms with Crippen LogP contribution < -0.4 is 10.5 Å². The highest BCUT2D eigenvalue weighted by Gasteiger charge is 2.16. The zero-order chi connectivity index (χ0) is 14.0. The van der Waals surface area contributed by atoms with Gasteiger partial charge in [0.15, 0.2) is 0 Å². The molecule has 0 spiro atoms. The van der Waals surface area contributed by atoms with Crippen molar-refractivity contribution in [3.8, 4) is 0 Å². The van der Waals surface area contributed by atoms with Crippen molar-refractivity contribution in [3.63, 3.8) is 0 Å². The number of aryl methyl sites for hydroxylation is 1. The molecule has 0 radical (unpaired) electrons. The molecule has 6 nitrogen and oxygen atoms in total. The van der Waals surface area contributed by atoms with E-state index in [1.165, 1.54) is 12.1 Å². The molecular weight excluding hydrogens is 273 g/mol. The maximum absolute atomic E-state index is 13.2. The molecule has 0 saturated heterocycles. The molecule has 102 valence electrons. The molecule has 0 fully saturated rings. The van der Waals surface area contributed by atoms with Crippen LogP contribution in [0, 0.1) is 12.7 Å². The van der Waals surface area contributed by atoms with E-state index >= 15 is 0 Å². The van der Waals surface area contributed by atoms with E-state index in [4.69, 9.17) is 10.3 Å². The topological polar surface area (TPSA) is 98.2 Å². The van der Waals surface area contributed by atoms with E-state index in [-0.39, 0.29) is 17.1 Å². The molecule has 0 amide bonds. The first-order valence-corrected chi connectivity index (χ1v) is 6.84. The maximum Gasteiger partial charge on any atom is 0.241 e. The number of nitrogens with two attached hydrogens (primary N) is 1. The molecule has 1 heterocycles. The van der Waals surface area contributed by atoms with Gasteiger partial charge >= 0.3 is 0 Å². The van der Waals surface area contributed by atoms with Crippen molar-refractivity contribution < 1.29 is 17.3 Å². The summed E-state index contributed by atoms with van der Waals surface area (Å²) in [4.78, 5) is -0.195. The predicted octanol–water partition coefficient (Wildman–Crippen LogP) is 1.18. The summed E-state index contributed by atoms with van der Waals surface area (Å²) in [7, 11) is -3.82. The Morgan fingerprint density at radius 1 is 1.42 bits per heavy atom. The number of hydrogen-bond donors (Lipinski definition) is 2. The molecule has 1 aromatic carbocycles. The van der Waals surface area contributed by atoms with Gasteiger partial charge in [0.2, 0.25) is 10.0 Å². The number of halogens is 1. The molecule has 0 bridgehead atoms. The van der Waals surface area contributed by atoms with Gasteiger partial charge in [0, 0.05) is 6.07 Å². The van der Waals surface area contributed by atoms with Gasteiger partial charge in [-0.3, -0.25) is 0 Å². The molecule has 8 heteroatoms. The third kappa shape index (κ3) is 3.09. The molecule has 1 aromatic heterocycles. The van der Waals surface area contributed by atoms with Crippen LogP contribution in [0.5, 0.6) is 0 Å². The van der Waals surface area contributed by atoms with Crippen molar-refractivity contribution in [1.29, 1.82) is 0 Å². The van der Waals surface area contributed by atoms with Crippen LogP contribution in [0.3, 0.4) is 0 Å². The zero-order valence-corrected chi connectivity index (χ0v) is 10.9. The van der Waals surface area contributed by atoms with Gasteiger partial charge in [0.1, 0.15) is 11.6 Å². The highest BCUT2D eigenvalue weighted by Crippen LogP contribution is 2.16. The first-order chi connectivity index (χ1) is 8.88. The molecule has 0 aliphatic rings. The molecule has 0 aliphatic heterocycles. The van der Waals surface area contributed by atoms with Gasteiger partial charge in [-0.1, -0.05) is 5.16 Å². The standard InChI is InChI=1S/C11H12FN3O3S/c1-7-4-8(15-18-7)6-14-19(16,17)9-2-3-11(13)10(12)5-9/h2-5,14H,6,13H2,1H3. The number of nitrogens with zero attached hydrogens (tertiary/aromatic N) is 1. The highest BCUT2D eigenvalue weighted by molar-refractivity contribution is 7.89. The fraction of sp³-hybridized carbons (Fsp3) is 0.182. The molecule has 2 rings (SSSR count). The number of benzene rings is 1. The molecule has 2 aromatic rings. The Labute approximate surface area is 109 Å². The van der Waals surface area contributed by atoms with Gasteiger partial charge in [0.25, 0.3) is 0 Å². The number of rotatable bonds is 4. The lowest BCUT2D eigenvalue weighted by atomic mass is 10.3. The lowest BCUT2D eigenvalue weighted by Crippen LogP contribution is -2.23. The van der Waals surface area contributed by atoms with Crippen molar-refractivity contribution in [1.82, 2.24) is 9.88 Å². The van der Waals surface area contributed by atoms with Crippen molar-refractivity contribution in [2.75, 3.05) is 5.73 Å². The summed E-state index contributed by atoms with van der Waals surface area (Å²) >= 11 is 0. The minimum absolute atomic E-state index is 0.0360. The van der Waals surface area contributed by atoms with Crippen LogP contribution >= 0.6 is 0 Å². The Bertz CT molecular complexity index is 697. The van der Waals surface area contributed by atoms with E-state index in [0.29, 0.717) is 11.5 Å². The predicted molar refractivity (Wildman–Crippen MR) is 66.1 cm³/mol. The Morgan fingerprint density at radius 2 is 2.16 bits per heavy atom. The van der Waals surface area contributed by atoms with E-state index in [9.17, 15) is 12.8 Å². The largest absolute Gasteiger partial charge is 0.396 e. The van der Waals surface area contributed by atoms with Gasteiger partial charge in [-0.2, -0.15) is 0 Å². The number of hydrogen-bond acceptors (Lipinski definition) is 5. The lowest BCUT2D eigenvalue weighted by Gasteiger charge is -2.06. The summed E-state index contributed by atoms with van der Waals surface area (Å²) in [6.07, 6.45) is 0. The molecule has 0 atom stereocenters. The van der Waals surface area contributed by atoms with Gasteiger partial charge in [-0.25, -0.2) is 17.5 Å². The van der Waals surface area contributed by atoms with Crippen LogP contribution in [0.2, 0.25) is 0 Å². The van der Waals surface area contributed by atoms with Crippen LogP contribution in [-0.4, -0.2) is 13.6 Å². The van der Waals surface area contributed by atoms with Crippen LogP contribution in [-0.2, 0) is 16.6 Å². The fourth-order valence-corrected chi connectivity index (χ4v) is 2.44. The number of anilines is 1. The van der Waals surface area contributed by atoms with Crippen molar-refractivity contribution in [2.24, 2.45) is 0 Å². The zero-order valence-electron chi connectivity index (χ0n) is 10.1. The van der Waals surface area contributed by atoms with E-state index in [1.54, 1.807) is 13.0 Å². The second-order valence-corrected chi connectivity index (χ2v) is 5.70. The fourth-order valence-electron chi connectivity index (χ4n) is 1.43. The minimum Gasteiger partial charge on any atom is -0.396 e. The normalized spacial score (nSPS) is 11.7. The van der Waals surface area contributed by atoms with Gasteiger partial charge < -0.3 is 10.3 Å². The Kier molecular flexibility index (Phi) is 3.54. The summed E-state index contributed by atoms with van der Waals surface area (Å²) in [5.41, 5.74) is 5.62. The van der Waals surface area contributed by atoms with Crippen molar-refractivity contribution >= 4 is 15.7 Å². The molecule has 0 unspecified atom stereocenters. The SMILES string of the molecule is Cc1cc(CNS(=O)(=O)c2ccc(N)c(F)c2)no1. The first-order valence-electron chi connectivity index (χ1n) is 5.35. The molecule has 0 saturated carbocycles. The first kappa shape index (κ1) is 13.5. The van der Waals surface area contributed by atoms with Crippen LogP contribution in [0.15, 0.2) is 33.7 Å². The third-order valence-corrected chi connectivity index (χ3v) is 3.80. The van der Waals surface area contributed by atoms with E-state index in [2.05, 4.69) is 9.88 Å². The Balaban J connectivity index is 2.16. The lowest BCUT2D eigenvalue weighted by molar-refractivity contribution is 0.390. The Hall–Kier alpha value is -1.93. The van der Waals surface area contributed by atoms with Gasteiger partial charge in [-0.15, -0.1) is 0 Å². The van der Waals surface area contributed by atoms with Gasteiger partial charge in [0.05, 0.1) is 22.8 Å². The summed E-state index contributed by atoms with van der Waals surface area (Å²) in [6, 6.07) is 4.90. The number of nitrogen functional groups attached to an aromatic ring is 1. The second-order valence-electron chi connectivity index (χ2n) is 3.94.